The third-order valence-corrected chi connectivity index (χ3v) is 3.93. The van der Waals surface area contributed by atoms with Crippen LogP contribution in [0.25, 0.3) is 0 Å². The van der Waals surface area contributed by atoms with E-state index in [2.05, 4.69) is 32.6 Å². The van der Waals surface area contributed by atoms with E-state index >= 15 is 0 Å². The highest BCUT2D eigenvalue weighted by atomic mass is 16.3. The lowest BCUT2D eigenvalue weighted by atomic mass is 9.79. The van der Waals surface area contributed by atoms with Crippen molar-refractivity contribution in [2.75, 3.05) is 13.1 Å². The lowest BCUT2D eigenvalue weighted by Gasteiger charge is -2.48. The molecule has 0 saturated carbocycles. The molecule has 0 radical (unpaired) electrons. The highest BCUT2D eigenvalue weighted by molar-refractivity contribution is 5.24. The van der Waals surface area contributed by atoms with Gasteiger partial charge < -0.3 is 5.11 Å². The molecule has 2 atom stereocenters. The van der Waals surface area contributed by atoms with Crippen molar-refractivity contribution in [2.24, 2.45) is 5.92 Å². The van der Waals surface area contributed by atoms with Crippen LogP contribution in [0.3, 0.4) is 0 Å². The van der Waals surface area contributed by atoms with Gasteiger partial charge in [0.05, 0.1) is 0 Å². The molecular weight excluding hydrogens is 222 g/mol. The molecule has 1 aliphatic rings. The quantitative estimate of drug-likeness (QED) is 0.824. The fourth-order valence-electron chi connectivity index (χ4n) is 2.93. The molecule has 0 amide bonds. The summed E-state index contributed by atoms with van der Waals surface area (Å²) in [6, 6.07) is 10.1. The Hall–Kier alpha value is -0.860. The number of likely N-dealkylation sites (tertiary alicyclic amines) is 1. The Labute approximate surface area is 111 Å². The molecule has 0 aliphatic carbocycles. The topological polar surface area (TPSA) is 23.5 Å². The van der Waals surface area contributed by atoms with E-state index in [1.807, 2.05) is 30.3 Å². The maximum absolute atomic E-state index is 11.0. The zero-order valence-corrected chi connectivity index (χ0v) is 12.0. The van der Waals surface area contributed by atoms with Crippen molar-refractivity contribution in [3.63, 3.8) is 0 Å². The van der Waals surface area contributed by atoms with Crippen molar-refractivity contribution in [2.45, 2.75) is 45.3 Å². The second kappa shape index (κ2) is 4.67. The number of piperidine rings is 1. The Morgan fingerprint density at radius 3 is 2.39 bits per heavy atom. The molecule has 0 unspecified atom stereocenters. The van der Waals surface area contributed by atoms with Gasteiger partial charge in [-0.1, -0.05) is 37.3 Å². The Morgan fingerprint density at radius 2 is 1.83 bits per heavy atom. The summed E-state index contributed by atoms with van der Waals surface area (Å²) in [4.78, 5) is 2.40. The van der Waals surface area contributed by atoms with E-state index in [1.165, 1.54) is 0 Å². The minimum atomic E-state index is -0.702. The van der Waals surface area contributed by atoms with Gasteiger partial charge in [-0.25, -0.2) is 0 Å². The first-order valence-electron chi connectivity index (χ1n) is 6.84. The molecule has 18 heavy (non-hydrogen) atoms. The number of nitrogens with zero attached hydrogens (tertiary/aromatic N) is 1. The third-order valence-electron chi connectivity index (χ3n) is 3.93. The van der Waals surface area contributed by atoms with Crippen LogP contribution in [-0.2, 0) is 5.60 Å². The van der Waals surface area contributed by atoms with E-state index in [4.69, 9.17) is 0 Å². The van der Waals surface area contributed by atoms with Gasteiger partial charge in [0.25, 0.3) is 0 Å². The normalized spacial score (nSPS) is 30.4. The van der Waals surface area contributed by atoms with Gasteiger partial charge in [-0.2, -0.15) is 0 Å². The first-order valence-corrected chi connectivity index (χ1v) is 6.84. The van der Waals surface area contributed by atoms with Crippen molar-refractivity contribution in [3.8, 4) is 0 Å². The predicted molar refractivity (Wildman–Crippen MR) is 75.4 cm³/mol. The number of β-amino-alcohol motifs (C(OH)–C–C–N with tert-alkyl or cyclic N) is 1. The molecule has 1 aromatic carbocycles. The van der Waals surface area contributed by atoms with Crippen LogP contribution < -0.4 is 0 Å². The van der Waals surface area contributed by atoms with Crippen LogP contribution in [0, 0.1) is 5.92 Å². The van der Waals surface area contributed by atoms with Gasteiger partial charge in [0.1, 0.15) is 5.60 Å². The summed E-state index contributed by atoms with van der Waals surface area (Å²) in [5.74, 6) is 0.517. The molecular formula is C16H25NO. The smallest absolute Gasteiger partial charge is 0.103 e. The highest BCUT2D eigenvalue weighted by Gasteiger charge is 2.41. The highest BCUT2D eigenvalue weighted by Crippen LogP contribution is 2.36. The Kier molecular flexibility index (Phi) is 3.52. The number of hydrogen-bond acceptors (Lipinski definition) is 2. The zero-order chi connectivity index (χ0) is 13.4. The van der Waals surface area contributed by atoms with E-state index in [0.717, 1.165) is 25.1 Å². The largest absolute Gasteiger partial charge is 0.384 e. The van der Waals surface area contributed by atoms with Crippen molar-refractivity contribution < 1.29 is 5.11 Å². The van der Waals surface area contributed by atoms with Crippen LogP contribution in [0.2, 0.25) is 0 Å². The maximum Gasteiger partial charge on any atom is 0.103 e. The van der Waals surface area contributed by atoms with Crippen LogP contribution in [-0.4, -0.2) is 28.6 Å². The standard InChI is InChI=1S/C16H25NO/c1-13-10-16(18,14-8-6-5-7-9-14)12-17(11-13)15(2,3)4/h5-9,13,18H,10-12H2,1-4H3/t13-,16-/m0/s1. The van der Waals surface area contributed by atoms with Crippen LogP contribution >= 0.6 is 0 Å². The Balaban J connectivity index is 2.28. The molecule has 0 aromatic heterocycles. The predicted octanol–water partition coefficient (Wildman–Crippen LogP) is 3.01. The van der Waals surface area contributed by atoms with Crippen molar-refractivity contribution in [3.05, 3.63) is 35.9 Å². The van der Waals surface area contributed by atoms with Crippen molar-refractivity contribution in [1.82, 2.24) is 4.90 Å². The summed E-state index contributed by atoms with van der Waals surface area (Å²) < 4.78 is 0. The monoisotopic (exact) mass is 247 g/mol. The summed E-state index contributed by atoms with van der Waals surface area (Å²) in [6.45, 7) is 10.7. The zero-order valence-electron chi connectivity index (χ0n) is 12.0. The van der Waals surface area contributed by atoms with Gasteiger partial charge >= 0.3 is 0 Å². The summed E-state index contributed by atoms with van der Waals surface area (Å²) in [6.07, 6.45) is 0.851. The first-order chi connectivity index (χ1) is 8.31. The lowest BCUT2D eigenvalue weighted by Crippen LogP contribution is -2.55. The molecule has 1 heterocycles. The van der Waals surface area contributed by atoms with E-state index < -0.39 is 5.60 Å². The molecule has 1 fully saturated rings. The summed E-state index contributed by atoms with van der Waals surface area (Å²) >= 11 is 0. The van der Waals surface area contributed by atoms with Gasteiger partial charge in [0.15, 0.2) is 0 Å². The second-order valence-electron chi connectivity index (χ2n) is 6.76. The van der Waals surface area contributed by atoms with Gasteiger partial charge in [-0.3, -0.25) is 4.90 Å². The van der Waals surface area contributed by atoms with Crippen LogP contribution in [0.5, 0.6) is 0 Å². The minimum absolute atomic E-state index is 0.109. The SMILES string of the molecule is C[C@@H]1CN(C(C)(C)C)C[C@](O)(c2ccccc2)C1. The molecule has 2 nitrogen and oxygen atoms in total. The molecule has 2 heteroatoms. The third kappa shape index (κ3) is 2.76. The van der Waals surface area contributed by atoms with Crippen molar-refractivity contribution in [1.29, 1.82) is 0 Å². The van der Waals surface area contributed by atoms with E-state index in [1.54, 1.807) is 0 Å². The lowest BCUT2D eigenvalue weighted by molar-refractivity contribution is -0.0805. The fraction of sp³-hybridized carbons (Fsp3) is 0.625. The van der Waals surface area contributed by atoms with Gasteiger partial charge in [0.2, 0.25) is 0 Å². The summed E-state index contributed by atoms with van der Waals surface area (Å²) in [7, 11) is 0. The van der Waals surface area contributed by atoms with E-state index in [9.17, 15) is 5.11 Å². The van der Waals surface area contributed by atoms with Crippen LogP contribution in [0.1, 0.15) is 39.7 Å². The van der Waals surface area contributed by atoms with E-state index in [0.29, 0.717) is 5.92 Å². The minimum Gasteiger partial charge on any atom is -0.384 e. The molecule has 0 bridgehead atoms. The average molecular weight is 247 g/mol. The molecule has 1 N–H and O–H groups in total. The maximum atomic E-state index is 11.0. The van der Waals surface area contributed by atoms with Gasteiger partial charge in [0, 0.05) is 18.6 Å². The molecule has 0 spiro atoms. The van der Waals surface area contributed by atoms with E-state index in [-0.39, 0.29) is 5.54 Å². The Morgan fingerprint density at radius 1 is 1.22 bits per heavy atom. The average Bonchev–Trinajstić information content (AvgIpc) is 2.28. The second-order valence-corrected chi connectivity index (χ2v) is 6.76. The fourth-order valence-corrected chi connectivity index (χ4v) is 2.93. The van der Waals surface area contributed by atoms with Crippen LogP contribution in [0.4, 0.5) is 0 Å². The van der Waals surface area contributed by atoms with Gasteiger partial charge in [-0.15, -0.1) is 0 Å². The van der Waals surface area contributed by atoms with Crippen molar-refractivity contribution >= 4 is 0 Å². The summed E-state index contributed by atoms with van der Waals surface area (Å²) in [5, 5.41) is 11.0. The number of benzene rings is 1. The molecule has 2 rings (SSSR count). The first kappa shape index (κ1) is 13.6. The molecule has 1 aromatic rings. The number of aliphatic hydroxyl groups is 1. The summed E-state index contributed by atoms with van der Waals surface area (Å²) in [5.41, 5.74) is 0.453. The molecule has 1 aliphatic heterocycles. The molecule has 100 valence electrons. The van der Waals surface area contributed by atoms with Gasteiger partial charge in [-0.05, 0) is 38.7 Å². The Bertz CT molecular complexity index is 395. The van der Waals surface area contributed by atoms with Crippen LogP contribution in [0.15, 0.2) is 30.3 Å². The molecule has 1 saturated heterocycles. The number of hydrogen-bond donors (Lipinski definition) is 1. The number of rotatable bonds is 1.